The third kappa shape index (κ3) is 4.08. The Bertz CT molecular complexity index is 934. The van der Waals surface area contributed by atoms with Crippen LogP contribution in [-0.4, -0.2) is 11.9 Å². The second-order valence-corrected chi connectivity index (χ2v) is 5.83. The lowest BCUT2D eigenvalue weighted by molar-refractivity contribution is 0.0940. The molecule has 3 amide bonds. The van der Waals surface area contributed by atoms with Crippen LogP contribution in [-0.2, 0) is 0 Å². The first-order chi connectivity index (χ1) is 12.0. The second kappa shape index (κ2) is 7.23. The van der Waals surface area contributed by atoms with Gasteiger partial charge in [0, 0.05) is 11.3 Å². The Hall–Kier alpha value is -3.05. The van der Waals surface area contributed by atoms with Crippen molar-refractivity contribution in [1.29, 1.82) is 0 Å². The number of anilines is 1. The van der Waals surface area contributed by atoms with E-state index in [1.54, 1.807) is 36.4 Å². The van der Waals surface area contributed by atoms with Gasteiger partial charge in [-0.3, -0.25) is 10.1 Å². The lowest BCUT2D eigenvalue weighted by atomic mass is 10.2. The molecule has 0 unspecified atom stereocenters. The highest BCUT2D eigenvalue weighted by Gasteiger charge is 2.16. The minimum atomic E-state index is -0.636. The Kier molecular flexibility index (Phi) is 4.86. The zero-order valence-corrected chi connectivity index (χ0v) is 14.1. The molecule has 0 bridgehead atoms. The number of benzene rings is 2. The summed E-state index contributed by atoms with van der Waals surface area (Å²) in [6, 6.07) is 16.9. The second-order valence-electron chi connectivity index (χ2n) is 5.42. The fourth-order valence-electron chi connectivity index (χ4n) is 2.32. The van der Waals surface area contributed by atoms with Crippen LogP contribution >= 0.6 is 11.6 Å². The van der Waals surface area contributed by atoms with Gasteiger partial charge in [-0.25, -0.2) is 4.79 Å². The van der Waals surface area contributed by atoms with Crippen LogP contribution in [0.15, 0.2) is 65.1 Å². The van der Waals surface area contributed by atoms with Crippen molar-refractivity contribution in [3.63, 3.8) is 0 Å². The van der Waals surface area contributed by atoms with Gasteiger partial charge in [0.15, 0.2) is 5.76 Å². The average molecular weight is 355 g/mol. The topological polar surface area (TPSA) is 71.3 Å². The van der Waals surface area contributed by atoms with Crippen LogP contribution in [0.1, 0.15) is 16.1 Å². The van der Waals surface area contributed by atoms with Gasteiger partial charge in [-0.2, -0.15) is 0 Å². The van der Waals surface area contributed by atoms with E-state index in [-0.39, 0.29) is 5.76 Å². The molecule has 1 heterocycles. The SMILES string of the molecule is Cc1cccc(NC(=O)NC(=O)c2ccc(-c3ccccc3Cl)o2)c1. The summed E-state index contributed by atoms with van der Waals surface area (Å²) < 4.78 is 5.51. The first kappa shape index (κ1) is 16.8. The Morgan fingerprint density at radius 1 is 1.00 bits per heavy atom. The third-order valence-electron chi connectivity index (χ3n) is 3.47. The maximum atomic E-state index is 12.1. The molecule has 25 heavy (non-hydrogen) atoms. The summed E-state index contributed by atoms with van der Waals surface area (Å²) in [6.07, 6.45) is 0. The largest absolute Gasteiger partial charge is 0.451 e. The molecule has 2 aromatic carbocycles. The molecule has 3 rings (SSSR count). The predicted molar refractivity (Wildman–Crippen MR) is 96.8 cm³/mol. The van der Waals surface area contributed by atoms with E-state index in [0.717, 1.165) is 5.56 Å². The summed E-state index contributed by atoms with van der Waals surface area (Å²) >= 11 is 6.11. The van der Waals surface area contributed by atoms with Crippen molar-refractivity contribution in [3.05, 3.63) is 77.0 Å². The minimum Gasteiger partial charge on any atom is -0.451 e. The van der Waals surface area contributed by atoms with Gasteiger partial charge in [0.25, 0.3) is 5.91 Å². The van der Waals surface area contributed by atoms with Crippen molar-refractivity contribution in [2.45, 2.75) is 6.92 Å². The van der Waals surface area contributed by atoms with E-state index >= 15 is 0 Å². The van der Waals surface area contributed by atoms with Crippen molar-refractivity contribution >= 4 is 29.2 Å². The first-order valence-corrected chi connectivity index (χ1v) is 7.94. The van der Waals surface area contributed by atoms with Crippen LogP contribution in [0.2, 0.25) is 5.02 Å². The van der Waals surface area contributed by atoms with Gasteiger partial charge in [0.1, 0.15) is 5.76 Å². The maximum Gasteiger partial charge on any atom is 0.326 e. The molecule has 5 nitrogen and oxygen atoms in total. The first-order valence-electron chi connectivity index (χ1n) is 7.56. The molecule has 0 radical (unpaired) electrons. The quantitative estimate of drug-likeness (QED) is 0.704. The van der Waals surface area contributed by atoms with E-state index in [2.05, 4.69) is 10.6 Å². The number of hydrogen-bond donors (Lipinski definition) is 2. The predicted octanol–water partition coefficient (Wildman–Crippen LogP) is 4.87. The average Bonchev–Trinajstić information content (AvgIpc) is 3.05. The number of hydrogen-bond acceptors (Lipinski definition) is 3. The van der Waals surface area contributed by atoms with Crippen LogP contribution in [0, 0.1) is 6.92 Å². The van der Waals surface area contributed by atoms with Gasteiger partial charge >= 0.3 is 6.03 Å². The molecule has 0 spiro atoms. The van der Waals surface area contributed by atoms with E-state index in [0.29, 0.717) is 22.0 Å². The van der Waals surface area contributed by atoms with Crippen LogP contribution in [0.25, 0.3) is 11.3 Å². The summed E-state index contributed by atoms with van der Waals surface area (Å²) in [5.74, 6) is -0.160. The number of rotatable bonds is 3. The smallest absolute Gasteiger partial charge is 0.326 e. The summed E-state index contributed by atoms with van der Waals surface area (Å²) in [5.41, 5.74) is 2.27. The molecule has 0 saturated heterocycles. The van der Waals surface area contributed by atoms with Crippen molar-refractivity contribution in [1.82, 2.24) is 5.32 Å². The minimum absolute atomic E-state index is 0.0225. The molecule has 126 valence electrons. The lowest BCUT2D eigenvalue weighted by Gasteiger charge is -2.06. The zero-order valence-electron chi connectivity index (χ0n) is 13.4. The van der Waals surface area contributed by atoms with E-state index < -0.39 is 11.9 Å². The van der Waals surface area contributed by atoms with Crippen LogP contribution in [0.4, 0.5) is 10.5 Å². The number of halogens is 1. The number of carbonyl (C=O) groups excluding carboxylic acids is 2. The highest BCUT2D eigenvalue weighted by atomic mass is 35.5. The summed E-state index contributed by atoms with van der Waals surface area (Å²) in [5, 5.41) is 5.34. The Labute approximate surface area is 149 Å². The van der Waals surface area contributed by atoms with Gasteiger partial charge in [-0.05, 0) is 48.9 Å². The van der Waals surface area contributed by atoms with E-state index in [4.69, 9.17) is 16.0 Å². The van der Waals surface area contributed by atoms with Gasteiger partial charge in [-0.1, -0.05) is 35.9 Å². The molecule has 0 atom stereocenters. The van der Waals surface area contributed by atoms with Crippen molar-refractivity contribution in [3.8, 4) is 11.3 Å². The van der Waals surface area contributed by atoms with E-state index in [1.807, 2.05) is 25.1 Å². The molecule has 3 aromatic rings. The van der Waals surface area contributed by atoms with Crippen LogP contribution in [0.3, 0.4) is 0 Å². The van der Waals surface area contributed by atoms with Crippen molar-refractivity contribution in [2.24, 2.45) is 0 Å². The number of nitrogens with one attached hydrogen (secondary N) is 2. The molecule has 0 fully saturated rings. The molecule has 1 aromatic heterocycles. The number of furan rings is 1. The number of amides is 3. The molecule has 0 aliphatic heterocycles. The van der Waals surface area contributed by atoms with Crippen LogP contribution < -0.4 is 10.6 Å². The Balaban J connectivity index is 1.68. The number of imide groups is 1. The Morgan fingerprint density at radius 2 is 1.80 bits per heavy atom. The van der Waals surface area contributed by atoms with Crippen molar-refractivity contribution in [2.75, 3.05) is 5.32 Å². The standard InChI is InChI=1S/C19H15ClN2O3/c1-12-5-4-6-13(11-12)21-19(24)22-18(23)17-10-9-16(25-17)14-7-2-3-8-15(14)20/h2-11H,1H3,(H2,21,22,23,24). The number of aryl methyl sites for hydroxylation is 1. The Morgan fingerprint density at radius 3 is 2.56 bits per heavy atom. The van der Waals surface area contributed by atoms with Gasteiger partial charge in [0.2, 0.25) is 0 Å². The molecular formula is C19H15ClN2O3. The normalized spacial score (nSPS) is 10.3. The summed E-state index contributed by atoms with van der Waals surface area (Å²) in [7, 11) is 0. The summed E-state index contributed by atoms with van der Waals surface area (Å²) in [6.45, 7) is 1.91. The molecule has 0 saturated carbocycles. The molecule has 0 aliphatic carbocycles. The van der Waals surface area contributed by atoms with Gasteiger partial charge in [-0.15, -0.1) is 0 Å². The fourth-order valence-corrected chi connectivity index (χ4v) is 2.54. The molecular weight excluding hydrogens is 340 g/mol. The van der Waals surface area contributed by atoms with E-state index in [1.165, 1.54) is 6.07 Å². The van der Waals surface area contributed by atoms with Gasteiger partial charge in [0.05, 0.1) is 5.02 Å². The van der Waals surface area contributed by atoms with E-state index in [9.17, 15) is 9.59 Å². The molecule has 2 N–H and O–H groups in total. The highest BCUT2D eigenvalue weighted by molar-refractivity contribution is 6.33. The zero-order chi connectivity index (χ0) is 17.8. The number of urea groups is 1. The van der Waals surface area contributed by atoms with Crippen LogP contribution in [0.5, 0.6) is 0 Å². The monoisotopic (exact) mass is 354 g/mol. The highest BCUT2D eigenvalue weighted by Crippen LogP contribution is 2.28. The fraction of sp³-hybridized carbons (Fsp3) is 0.0526. The lowest BCUT2D eigenvalue weighted by Crippen LogP contribution is -2.34. The summed E-state index contributed by atoms with van der Waals surface area (Å²) in [4.78, 5) is 24.1. The maximum absolute atomic E-state index is 12.1. The van der Waals surface area contributed by atoms with Crippen molar-refractivity contribution < 1.29 is 14.0 Å². The third-order valence-corrected chi connectivity index (χ3v) is 3.80. The molecule has 6 heteroatoms. The molecule has 0 aliphatic rings. The number of carbonyl (C=O) groups is 2. The van der Waals surface area contributed by atoms with Gasteiger partial charge < -0.3 is 9.73 Å².